The number of aromatic nitrogens is 3. The summed E-state index contributed by atoms with van der Waals surface area (Å²) in [6.07, 6.45) is 1.63. The standard InChI is InChI=1S/C14H14N4OS/c1-9-13(20-8-17-9)6-18(2)14(19)10-3-4-11-12(5-10)16-7-15-11/h3-5,7-8H,6H2,1-2H3,(H,15,16). The number of hydrogen-bond donors (Lipinski definition) is 1. The average molecular weight is 286 g/mol. The second-order valence-electron chi connectivity index (χ2n) is 4.66. The van der Waals surface area contributed by atoms with Crippen molar-refractivity contribution in [3.63, 3.8) is 0 Å². The van der Waals surface area contributed by atoms with E-state index in [4.69, 9.17) is 0 Å². The summed E-state index contributed by atoms with van der Waals surface area (Å²) < 4.78 is 0. The lowest BCUT2D eigenvalue weighted by molar-refractivity contribution is 0.0786. The minimum atomic E-state index is -0.00528. The lowest BCUT2D eigenvalue weighted by atomic mass is 10.1. The Balaban J connectivity index is 1.82. The van der Waals surface area contributed by atoms with Gasteiger partial charge in [-0.2, -0.15) is 0 Å². The first kappa shape index (κ1) is 12.8. The Labute approximate surface area is 120 Å². The SMILES string of the molecule is Cc1ncsc1CN(C)C(=O)c1ccc2nc[nH]c2c1. The molecule has 0 spiro atoms. The van der Waals surface area contributed by atoms with Crippen molar-refractivity contribution >= 4 is 28.3 Å². The average Bonchev–Trinajstić information content (AvgIpc) is 3.06. The molecule has 2 aromatic heterocycles. The van der Waals surface area contributed by atoms with E-state index in [0.29, 0.717) is 12.1 Å². The Bertz CT molecular complexity index is 761. The summed E-state index contributed by atoms with van der Waals surface area (Å²) in [5.41, 5.74) is 5.19. The maximum atomic E-state index is 12.4. The van der Waals surface area contributed by atoms with Gasteiger partial charge in [0.05, 0.1) is 35.1 Å². The van der Waals surface area contributed by atoms with E-state index in [2.05, 4.69) is 15.0 Å². The van der Waals surface area contributed by atoms with Gasteiger partial charge in [0.25, 0.3) is 5.91 Å². The maximum Gasteiger partial charge on any atom is 0.254 e. The predicted molar refractivity (Wildman–Crippen MR) is 78.7 cm³/mol. The highest BCUT2D eigenvalue weighted by atomic mass is 32.1. The van der Waals surface area contributed by atoms with Gasteiger partial charge in [-0.05, 0) is 25.1 Å². The van der Waals surface area contributed by atoms with E-state index in [1.54, 1.807) is 35.1 Å². The fraction of sp³-hybridized carbons (Fsp3) is 0.214. The van der Waals surface area contributed by atoms with Gasteiger partial charge in [0.1, 0.15) is 0 Å². The van der Waals surface area contributed by atoms with Crippen molar-refractivity contribution in [2.75, 3.05) is 7.05 Å². The summed E-state index contributed by atoms with van der Waals surface area (Å²) in [7, 11) is 1.80. The molecule has 3 rings (SSSR count). The van der Waals surface area contributed by atoms with Crippen molar-refractivity contribution in [3.8, 4) is 0 Å². The number of nitrogens with zero attached hydrogens (tertiary/aromatic N) is 3. The molecule has 1 amide bonds. The van der Waals surface area contributed by atoms with Crippen molar-refractivity contribution in [2.45, 2.75) is 13.5 Å². The van der Waals surface area contributed by atoms with Gasteiger partial charge < -0.3 is 9.88 Å². The second kappa shape index (κ2) is 5.05. The van der Waals surface area contributed by atoms with Crippen molar-refractivity contribution in [2.24, 2.45) is 0 Å². The number of carbonyl (C=O) groups excluding carboxylic acids is 1. The molecular weight excluding hydrogens is 272 g/mol. The van der Waals surface area contributed by atoms with Gasteiger partial charge in [0, 0.05) is 17.5 Å². The quantitative estimate of drug-likeness (QED) is 0.805. The highest BCUT2D eigenvalue weighted by Gasteiger charge is 2.14. The van der Waals surface area contributed by atoms with Gasteiger partial charge in [-0.25, -0.2) is 9.97 Å². The Kier molecular flexibility index (Phi) is 3.23. The summed E-state index contributed by atoms with van der Waals surface area (Å²) in [6, 6.07) is 5.49. The zero-order chi connectivity index (χ0) is 14.1. The molecule has 2 heterocycles. The third-order valence-electron chi connectivity index (χ3n) is 3.24. The molecule has 1 aromatic carbocycles. The normalized spacial score (nSPS) is 10.9. The van der Waals surface area contributed by atoms with Gasteiger partial charge in [-0.1, -0.05) is 0 Å². The minimum absolute atomic E-state index is 0.00528. The molecule has 0 radical (unpaired) electrons. The van der Waals surface area contributed by atoms with Gasteiger partial charge in [-0.15, -0.1) is 11.3 Å². The van der Waals surface area contributed by atoms with Crippen molar-refractivity contribution in [1.82, 2.24) is 19.9 Å². The van der Waals surface area contributed by atoms with Gasteiger partial charge in [0.2, 0.25) is 0 Å². The number of thiazole rings is 1. The molecule has 5 nitrogen and oxygen atoms in total. The number of hydrogen-bond acceptors (Lipinski definition) is 4. The molecule has 0 saturated heterocycles. The number of carbonyl (C=O) groups is 1. The van der Waals surface area contributed by atoms with Crippen molar-refractivity contribution in [3.05, 3.63) is 46.2 Å². The Morgan fingerprint density at radius 2 is 2.25 bits per heavy atom. The van der Waals surface area contributed by atoms with E-state index >= 15 is 0 Å². The molecule has 3 aromatic rings. The van der Waals surface area contributed by atoms with Crippen molar-refractivity contribution < 1.29 is 4.79 Å². The molecule has 20 heavy (non-hydrogen) atoms. The number of imidazole rings is 1. The van der Waals surface area contributed by atoms with E-state index in [0.717, 1.165) is 21.6 Å². The van der Waals surface area contributed by atoms with Crippen LogP contribution >= 0.6 is 11.3 Å². The molecule has 0 atom stereocenters. The van der Waals surface area contributed by atoms with E-state index in [1.807, 2.05) is 25.1 Å². The first-order chi connectivity index (χ1) is 9.65. The summed E-state index contributed by atoms with van der Waals surface area (Å²) in [6.45, 7) is 2.54. The largest absolute Gasteiger partial charge is 0.345 e. The van der Waals surface area contributed by atoms with Crippen LogP contribution in [0.25, 0.3) is 11.0 Å². The molecule has 0 unspecified atom stereocenters. The highest BCUT2D eigenvalue weighted by molar-refractivity contribution is 7.09. The van der Waals surface area contributed by atoms with E-state index in [9.17, 15) is 4.79 Å². The highest BCUT2D eigenvalue weighted by Crippen LogP contribution is 2.17. The van der Waals surface area contributed by atoms with E-state index in [-0.39, 0.29) is 5.91 Å². The fourth-order valence-corrected chi connectivity index (χ4v) is 2.88. The first-order valence-electron chi connectivity index (χ1n) is 6.22. The van der Waals surface area contributed by atoms with Crippen LogP contribution in [-0.2, 0) is 6.54 Å². The maximum absolute atomic E-state index is 12.4. The summed E-state index contributed by atoms with van der Waals surface area (Å²) in [5.74, 6) is -0.00528. The number of fused-ring (bicyclic) bond motifs is 1. The number of benzene rings is 1. The molecular formula is C14H14N4OS. The molecule has 1 N–H and O–H groups in total. The molecule has 0 aliphatic rings. The lowest BCUT2D eigenvalue weighted by Crippen LogP contribution is -2.26. The summed E-state index contributed by atoms with van der Waals surface area (Å²) in [4.78, 5) is 26.6. The van der Waals surface area contributed by atoms with Crippen LogP contribution in [0.4, 0.5) is 0 Å². The Morgan fingerprint density at radius 1 is 1.40 bits per heavy atom. The summed E-state index contributed by atoms with van der Waals surface area (Å²) in [5, 5.41) is 0. The molecule has 0 bridgehead atoms. The predicted octanol–water partition coefficient (Wildman–Crippen LogP) is 2.60. The van der Waals surface area contributed by atoms with Gasteiger partial charge in [-0.3, -0.25) is 4.79 Å². The number of amides is 1. The molecule has 6 heteroatoms. The number of nitrogens with one attached hydrogen (secondary N) is 1. The monoisotopic (exact) mass is 286 g/mol. The minimum Gasteiger partial charge on any atom is -0.345 e. The third kappa shape index (κ3) is 2.30. The van der Waals surface area contributed by atoms with Crippen molar-refractivity contribution in [1.29, 1.82) is 0 Å². The van der Waals surface area contributed by atoms with Gasteiger partial charge >= 0.3 is 0 Å². The fourth-order valence-electron chi connectivity index (χ4n) is 2.05. The zero-order valence-corrected chi connectivity index (χ0v) is 12.1. The second-order valence-corrected chi connectivity index (χ2v) is 5.60. The van der Waals surface area contributed by atoms with Crippen LogP contribution in [0.1, 0.15) is 20.9 Å². The third-order valence-corrected chi connectivity index (χ3v) is 4.16. The molecule has 0 aliphatic carbocycles. The van der Waals surface area contributed by atoms with E-state index in [1.165, 1.54) is 0 Å². The van der Waals surface area contributed by atoms with Crippen LogP contribution in [-0.4, -0.2) is 32.8 Å². The Hall–Kier alpha value is -2.21. The summed E-state index contributed by atoms with van der Waals surface area (Å²) >= 11 is 1.57. The smallest absolute Gasteiger partial charge is 0.254 e. The number of rotatable bonds is 3. The molecule has 0 aliphatic heterocycles. The first-order valence-corrected chi connectivity index (χ1v) is 7.10. The topological polar surface area (TPSA) is 61.9 Å². The van der Waals surface area contributed by atoms with Crippen LogP contribution < -0.4 is 0 Å². The number of H-pyrrole nitrogens is 1. The van der Waals surface area contributed by atoms with Crippen LogP contribution in [0.5, 0.6) is 0 Å². The molecule has 102 valence electrons. The molecule has 0 fully saturated rings. The molecule has 0 saturated carbocycles. The zero-order valence-electron chi connectivity index (χ0n) is 11.3. The Morgan fingerprint density at radius 3 is 3.00 bits per heavy atom. The number of aromatic amines is 1. The van der Waals surface area contributed by atoms with Crippen LogP contribution in [0, 0.1) is 6.92 Å². The van der Waals surface area contributed by atoms with E-state index < -0.39 is 0 Å². The van der Waals surface area contributed by atoms with Crippen LogP contribution in [0.2, 0.25) is 0 Å². The number of aryl methyl sites for hydroxylation is 1. The van der Waals surface area contributed by atoms with Crippen LogP contribution in [0.15, 0.2) is 30.0 Å². The van der Waals surface area contributed by atoms with Crippen LogP contribution in [0.3, 0.4) is 0 Å². The van der Waals surface area contributed by atoms with Gasteiger partial charge in [0.15, 0.2) is 0 Å². The lowest BCUT2D eigenvalue weighted by Gasteiger charge is -2.16.